The van der Waals surface area contributed by atoms with Gasteiger partial charge in [-0.25, -0.2) is 9.59 Å². The second-order valence-corrected chi connectivity index (χ2v) is 11.4. The SMILES string of the molecule is COc1ccc(C2NC(=O)N(C)C3=C2C(=O)N(c2ccc(N4CC5=C(C4=O)C(c4ccc(OC)cc4)NC(=O)N5C)cc2)C3)cc1. The number of carbonyl (C=O) groups is 4. The van der Waals surface area contributed by atoms with Crippen molar-refractivity contribution in [2.45, 2.75) is 12.1 Å². The monoisotopic (exact) mass is 620 g/mol. The molecule has 2 N–H and O–H groups in total. The molecule has 0 fully saturated rings. The number of carbonyl (C=O) groups excluding carboxylic acids is 4. The Balaban J connectivity index is 1.13. The van der Waals surface area contributed by atoms with Crippen molar-refractivity contribution in [1.82, 2.24) is 20.4 Å². The van der Waals surface area contributed by atoms with E-state index in [0.717, 1.165) is 11.1 Å². The van der Waals surface area contributed by atoms with Gasteiger partial charge < -0.3 is 29.9 Å². The molecule has 46 heavy (non-hydrogen) atoms. The fourth-order valence-electron chi connectivity index (χ4n) is 6.46. The number of ether oxygens (including phenoxy) is 2. The van der Waals surface area contributed by atoms with Crippen LogP contribution >= 0.6 is 0 Å². The summed E-state index contributed by atoms with van der Waals surface area (Å²) >= 11 is 0. The summed E-state index contributed by atoms with van der Waals surface area (Å²) in [5, 5.41) is 5.90. The van der Waals surface area contributed by atoms with Gasteiger partial charge in [-0.05, 0) is 59.7 Å². The van der Waals surface area contributed by atoms with Gasteiger partial charge in [-0.1, -0.05) is 24.3 Å². The predicted molar refractivity (Wildman–Crippen MR) is 169 cm³/mol. The number of rotatable bonds is 6. The Labute approximate surface area is 265 Å². The first-order chi connectivity index (χ1) is 22.2. The normalized spacial score (nSPS) is 21.0. The van der Waals surface area contributed by atoms with Gasteiger partial charge in [0, 0.05) is 25.5 Å². The zero-order chi connectivity index (χ0) is 32.3. The molecule has 3 aromatic rings. The molecule has 2 unspecified atom stereocenters. The Morgan fingerprint density at radius 1 is 0.565 bits per heavy atom. The Kier molecular flexibility index (Phi) is 6.92. The third-order valence-electron chi connectivity index (χ3n) is 9.09. The number of nitrogens with one attached hydrogen (secondary N) is 2. The van der Waals surface area contributed by atoms with Crippen molar-refractivity contribution in [3.8, 4) is 11.5 Å². The molecule has 0 spiro atoms. The van der Waals surface area contributed by atoms with Crippen LogP contribution in [-0.4, -0.2) is 75.1 Å². The van der Waals surface area contributed by atoms with Gasteiger partial charge in [-0.3, -0.25) is 19.4 Å². The quantitative estimate of drug-likeness (QED) is 0.433. The lowest BCUT2D eigenvalue weighted by Gasteiger charge is -2.31. The Morgan fingerprint density at radius 3 is 1.24 bits per heavy atom. The summed E-state index contributed by atoms with van der Waals surface area (Å²) in [6.45, 7) is 0.454. The Morgan fingerprint density at radius 2 is 0.913 bits per heavy atom. The van der Waals surface area contributed by atoms with E-state index < -0.39 is 12.1 Å². The summed E-state index contributed by atoms with van der Waals surface area (Å²) in [4.78, 5) is 59.7. The number of urea groups is 2. The van der Waals surface area contributed by atoms with Gasteiger partial charge in [0.05, 0.1) is 61.9 Å². The molecule has 0 saturated carbocycles. The van der Waals surface area contributed by atoms with Crippen LogP contribution in [0, 0.1) is 0 Å². The first-order valence-electron chi connectivity index (χ1n) is 14.8. The van der Waals surface area contributed by atoms with E-state index in [1.165, 1.54) is 9.80 Å². The van der Waals surface area contributed by atoms with E-state index >= 15 is 0 Å². The molecule has 0 aromatic heterocycles. The standard InChI is InChI=1S/C34H32N6O6/c1-37-25-17-39(31(41)27(25)29(35-33(37)43)19-5-13-23(45-3)14-6-19)21-9-11-22(12-10-21)40-18-26-28(32(40)42)30(36-34(44)38(26)2)20-7-15-24(46-4)16-8-20/h5-16,29-30H,17-18H2,1-4H3,(H,35,43)(H,36,44). The minimum atomic E-state index is -0.604. The second-order valence-electron chi connectivity index (χ2n) is 11.4. The average Bonchev–Trinajstić information content (AvgIpc) is 3.62. The summed E-state index contributed by atoms with van der Waals surface area (Å²) in [5.74, 6) is 0.932. The molecule has 3 aromatic carbocycles. The predicted octanol–water partition coefficient (Wildman–Crippen LogP) is 3.70. The average molecular weight is 621 g/mol. The maximum absolute atomic E-state index is 13.9. The highest BCUT2D eigenvalue weighted by Crippen LogP contribution is 2.40. The number of nitrogens with zero attached hydrogens (tertiary/aromatic N) is 4. The third kappa shape index (κ3) is 4.52. The zero-order valence-corrected chi connectivity index (χ0v) is 25.7. The van der Waals surface area contributed by atoms with Crippen LogP contribution in [0.1, 0.15) is 23.2 Å². The molecule has 12 heteroatoms. The molecule has 4 heterocycles. The van der Waals surface area contributed by atoms with Crippen molar-refractivity contribution in [3.63, 3.8) is 0 Å². The number of benzene rings is 3. The summed E-state index contributed by atoms with van der Waals surface area (Å²) in [5.41, 5.74) is 5.09. The first-order valence-corrected chi connectivity index (χ1v) is 14.8. The lowest BCUT2D eigenvalue weighted by atomic mass is 9.95. The van der Waals surface area contributed by atoms with Crippen molar-refractivity contribution in [2.24, 2.45) is 0 Å². The minimum Gasteiger partial charge on any atom is -0.497 e. The van der Waals surface area contributed by atoms with E-state index in [1.54, 1.807) is 86.6 Å². The lowest BCUT2D eigenvalue weighted by molar-refractivity contribution is -0.115. The number of hydrogen-bond acceptors (Lipinski definition) is 6. The zero-order valence-electron chi connectivity index (χ0n) is 25.7. The van der Waals surface area contributed by atoms with Crippen LogP contribution in [0.4, 0.5) is 21.0 Å². The highest BCUT2D eigenvalue weighted by atomic mass is 16.5. The topological polar surface area (TPSA) is 124 Å². The van der Waals surface area contributed by atoms with Gasteiger partial charge in [0.2, 0.25) is 0 Å². The highest BCUT2D eigenvalue weighted by molar-refractivity contribution is 6.13. The Bertz CT molecular complexity index is 1700. The van der Waals surface area contributed by atoms with Crippen LogP contribution in [0.15, 0.2) is 95.3 Å². The molecule has 4 aliphatic heterocycles. The number of anilines is 2. The molecule has 234 valence electrons. The maximum atomic E-state index is 13.9. The van der Waals surface area contributed by atoms with Gasteiger partial charge >= 0.3 is 12.1 Å². The van der Waals surface area contributed by atoms with Crippen LogP contribution in [0.3, 0.4) is 0 Å². The van der Waals surface area contributed by atoms with Gasteiger partial charge in [-0.2, -0.15) is 0 Å². The highest BCUT2D eigenvalue weighted by Gasteiger charge is 2.45. The number of likely N-dealkylation sites (N-methyl/N-ethyl adjacent to an activating group) is 2. The molecular formula is C34H32N6O6. The van der Waals surface area contributed by atoms with Crippen LogP contribution in [-0.2, 0) is 9.59 Å². The van der Waals surface area contributed by atoms with Crippen molar-refractivity contribution in [3.05, 3.63) is 106 Å². The van der Waals surface area contributed by atoms with E-state index in [9.17, 15) is 19.2 Å². The van der Waals surface area contributed by atoms with Crippen LogP contribution < -0.4 is 29.9 Å². The maximum Gasteiger partial charge on any atom is 0.322 e. The molecule has 4 aliphatic rings. The van der Waals surface area contributed by atoms with E-state index in [4.69, 9.17) is 9.47 Å². The fraction of sp³-hybridized carbons (Fsp3) is 0.235. The molecular weight excluding hydrogens is 588 g/mol. The van der Waals surface area contributed by atoms with E-state index in [-0.39, 0.29) is 37.0 Å². The van der Waals surface area contributed by atoms with E-state index in [2.05, 4.69) is 10.6 Å². The fourth-order valence-corrected chi connectivity index (χ4v) is 6.46. The van der Waals surface area contributed by atoms with Gasteiger partial charge in [0.25, 0.3) is 11.8 Å². The summed E-state index contributed by atoms with van der Waals surface area (Å²) in [6, 6.07) is 19.9. The number of hydrogen-bond donors (Lipinski definition) is 2. The van der Waals surface area contributed by atoms with Gasteiger partial charge in [0.1, 0.15) is 11.5 Å². The summed E-state index contributed by atoms with van der Waals surface area (Å²) in [6.07, 6.45) is 0. The van der Waals surface area contributed by atoms with Crippen molar-refractivity contribution in [2.75, 3.05) is 51.2 Å². The van der Waals surface area contributed by atoms with Gasteiger partial charge in [0.15, 0.2) is 0 Å². The molecule has 0 bridgehead atoms. The lowest BCUT2D eigenvalue weighted by Crippen LogP contribution is -2.45. The molecule has 0 radical (unpaired) electrons. The molecule has 7 rings (SSSR count). The van der Waals surface area contributed by atoms with E-state index in [0.29, 0.717) is 45.4 Å². The number of amides is 6. The minimum absolute atomic E-state index is 0.210. The smallest absolute Gasteiger partial charge is 0.322 e. The molecule has 2 atom stereocenters. The second kappa shape index (κ2) is 11.0. The van der Waals surface area contributed by atoms with Crippen molar-refractivity contribution >= 4 is 35.3 Å². The van der Waals surface area contributed by atoms with Gasteiger partial charge in [-0.15, -0.1) is 0 Å². The number of methoxy groups -OCH3 is 2. The van der Waals surface area contributed by atoms with Crippen molar-refractivity contribution < 1.29 is 28.7 Å². The molecule has 12 nitrogen and oxygen atoms in total. The molecule has 0 aliphatic carbocycles. The first kappa shape index (κ1) is 29.0. The Hall–Kier alpha value is -5.78. The van der Waals surface area contributed by atoms with E-state index in [1.807, 2.05) is 24.3 Å². The molecule has 6 amide bonds. The molecule has 0 saturated heterocycles. The largest absolute Gasteiger partial charge is 0.497 e. The van der Waals surface area contributed by atoms with Crippen molar-refractivity contribution in [1.29, 1.82) is 0 Å². The van der Waals surface area contributed by atoms with Crippen LogP contribution in [0.5, 0.6) is 11.5 Å². The summed E-state index contributed by atoms with van der Waals surface area (Å²) < 4.78 is 10.5. The van der Waals surface area contributed by atoms with Crippen LogP contribution in [0.2, 0.25) is 0 Å². The summed E-state index contributed by atoms with van der Waals surface area (Å²) in [7, 11) is 6.46. The third-order valence-corrected chi connectivity index (χ3v) is 9.09. The van der Waals surface area contributed by atoms with Crippen LogP contribution in [0.25, 0.3) is 0 Å².